The molecule has 0 aliphatic carbocycles. The van der Waals surface area contributed by atoms with Crippen molar-refractivity contribution >= 4 is 11.7 Å². The van der Waals surface area contributed by atoms with E-state index in [9.17, 15) is 4.79 Å². The van der Waals surface area contributed by atoms with Crippen LogP contribution in [0.4, 0.5) is 5.69 Å². The van der Waals surface area contributed by atoms with Gasteiger partial charge in [-0.25, -0.2) is 4.79 Å². The maximum Gasteiger partial charge on any atom is 0.339 e. The number of nitrogens with two attached hydrogens (primary N) is 1. The number of carbonyl (C=O) groups is 1. The van der Waals surface area contributed by atoms with Crippen LogP contribution in [0.5, 0.6) is 0 Å². The molecule has 0 fully saturated rings. The molecule has 0 heterocycles. The minimum absolute atomic E-state index is 0.306. The second-order valence-electron chi connectivity index (χ2n) is 4.26. The predicted molar refractivity (Wildman–Crippen MR) is 73.9 cm³/mol. The van der Waals surface area contributed by atoms with Gasteiger partial charge in [0.2, 0.25) is 0 Å². The predicted octanol–water partition coefficient (Wildman–Crippen LogP) is 2.04. The maximum absolute atomic E-state index is 11.7. The van der Waals surface area contributed by atoms with Crippen LogP contribution in [0, 0.1) is 0 Å². The highest BCUT2D eigenvalue weighted by atomic mass is 16.5. The lowest BCUT2D eigenvalue weighted by molar-refractivity contribution is 0.0601. The van der Waals surface area contributed by atoms with Crippen molar-refractivity contribution in [2.24, 2.45) is 5.73 Å². The highest BCUT2D eigenvalue weighted by Crippen LogP contribution is 2.23. The second kappa shape index (κ2) is 7.01. The number of nitrogens with zero attached hydrogens (tertiary/aromatic N) is 1. The summed E-state index contributed by atoms with van der Waals surface area (Å²) in [6.07, 6.45) is 1.89. The molecular weight excluding hydrogens is 228 g/mol. The summed E-state index contributed by atoms with van der Waals surface area (Å²) in [7, 11) is 3.39. The zero-order valence-electron chi connectivity index (χ0n) is 11.3. The fourth-order valence-corrected chi connectivity index (χ4v) is 2.12. The van der Waals surface area contributed by atoms with Crippen LogP contribution < -0.4 is 10.6 Å². The van der Waals surface area contributed by atoms with Gasteiger partial charge in [0.15, 0.2) is 0 Å². The smallest absolute Gasteiger partial charge is 0.339 e. The molecule has 1 aromatic carbocycles. The van der Waals surface area contributed by atoms with Crippen LogP contribution in [0.25, 0.3) is 0 Å². The van der Waals surface area contributed by atoms with E-state index in [1.165, 1.54) is 7.11 Å². The molecule has 0 saturated heterocycles. The highest BCUT2D eigenvalue weighted by molar-refractivity contribution is 5.95. The van der Waals surface area contributed by atoms with Crippen LogP contribution in [0.1, 0.15) is 30.1 Å². The van der Waals surface area contributed by atoms with Gasteiger partial charge in [-0.15, -0.1) is 0 Å². The molecule has 0 bridgehead atoms. The summed E-state index contributed by atoms with van der Waals surface area (Å²) in [5, 5.41) is 0. The van der Waals surface area contributed by atoms with Gasteiger partial charge in [0.05, 0.1) is 18.4 Å². The van der Waals surface area contributed by atoms with Gasteiger partial charge in [0.25, 0.3) is 0 Å². The molecule has 1 rings (SSSR count). The average molecular weight is 250 g/mol. The van der Waals surface area contributed by atoms with E-state index in [4.69, 9.17) is 10.5 Å². The van der Waals surface area contributed by atoms with Gasteiger partial charge in [-0.1, -0.05) is 19.1 Å². The summed E-state index contributed by atoms with van der Waals surface area (Å²) >= 11 is 0. The molecule has 0 aliphatic rings. The lowest BCUT2D eigenvalue weighted by Crippen LogP contribution is -2.34. The van der Waals surface area contributed by atoms with E-state index in [0.717, 1.165) is 18.5 Å². The Labute approximate surface area is 109 Å². The first-order chi connectivity index (χ1) is 8.65. The van der Waals surface area contributed by atoms with Crippen molar-refractivity contribution in [3.05, 3.63) is 29.8 Å². The summed E-state index contributed by atoms with van der Waals surface area (Å²) < 4.78 is 4.81. The van der Waals surface area contributed by atoms with E-state index in [1.54, 1.807) is 6.07 Å². The number of anilines is 1. The van der Waals surface area contributed by atoms with Crippen molar-refractivity contribution in [2.45, 2.75) is 25.8 Å². The molecular formula is C14H22N2O2. The molecule has 0 aromatic heterocycles. The highest BCUT2D eigenvalue weighted by Gasteiger charge is 2.18. The topological polar surface area (TPSA) is 55.6 Å². The maximum atomic E-state index is 11.7. The molecule has 4 heteroatoms. The molecule has 0 amide bonds. The van der Waals surface area contributed by atoms with Gasteiger partial charge in [0, 0.05) is 13.1 Å². The monoisotopic (exact) mass is 250 g/mol. The molecule has 1 unspecified atom stereocenters. The molecule has 0 aliphatic heterocycles. The largest absolute Gasteiger partial charge is 0.465 e. The Balaban J connectivity index is 3.03. The Morgan fingerprint density at radius 2 is 2.11 bits per heavy atom. The first kappa shape index (κ1) is 14.5. The van der Waals surface area contributed by atoms with E-state index in [0.29, 0.717) is 18.2 Å². The fraction of sp³-hybridized carbons (Fsp3) is 0.500. The van der Waals surface area contributed by atoms with Crippen molar-refractivity contribution in [1.29, 1.82) is 0 Å². The van der Waals surface area contributed by atoms with Crippen LogP contribution in [0.15, 0.2) is 24.3 Å². The molecule has 2 N–H and O–H groups in total. The number of methoxy groups -OCH3 is 1. The van der Waals surface area contributed by atoms with E-state index < -0.39 is 0 Å². The Kier molecular flexibility index (Phi) is 5.65. The lowest BCUT2D eigenvalue weighted by Gasteiger charge is -2.30. The number of rotatable bonds is 6. The first-order valence-corrected chi connectivity index (χ1v) is 6.25. The standard InChI is InChI=1S/C14H22N2O2/c1-4-11(9-10-15)16(2)13-8-6-5-7-12(13)14(17)18-3/h5-8,11H,4,9-10,15H2,1-3H3. The average Bonchev–Trinajstić information content (AvgIpc) is 2.43. The minimum Gasteiger partial charge on any atom is -0.465 e. The summed E-state index contributed by atoms with van der Waals surface area (Å²) in [6, 6.07) is 7.82. The zero-order valence-corrected chi connectivity index (χ0v) is 11.3. The number of hydrogen-bond acceptors (Lipinski definition) is 4. The third-order valence-corrected chi connectivity index (χ3v) is 3.21. The number of ether oxygens (including phenoxy) is 1. The van der Waals surface area contributed by atoms with Gasteiger partial charge < -0.3 is 15.4 Å². The van der Waals surface area contributed by atoms with E-state index >= 15 is 0 Å². The van der Waals surface area contributed by atoms with Crippen LogP contribution in [0.3, 0.4) is 0 Å². The first-order valence-electron chi connectivity index (χ1n) is 6.25. The molecule has 18 heavy (non-hydrogen) atoms. The van der Waals surface area contributed by atoms with Crippen LogP contribution >= 0.6 is 0 Å². The van der Waals surface area contributed by atoms with Crippen molar-refractivity contribution in [3.8, 4) is 0 Å². The summed E-state index contributed by atoms with van der Waals surface area (Å²) in [5.41, 5.74) is 7.12. The van der Waals surface area contributed by atoms with Gasteiger partial charge >= 0.3 is 5.97 Å². The normalized spacial score (nSPS) is 12.0. The van der Waals surface area contributed by atoms with E-state index in [2.05, 4.69) is 11.8 Å². The molecule has 1 aromatic rings. The van der Waals surface area contributed by atoms with Crippen LogP contribution in [-0.2, 0) is 4.74 Å². The SMILES string of the molecule is CCC(CCN)N(C)c1ccccc1C(=O)OC. The quantitative estimate of drug-likeness (QED) is 0.785. The Bertz CT molecular complexity index is 393. The summed E-state index contributed by atoms with van der Waals surface area (Å²) in [5.74, 6) is -0.306. The number of carbonyl (C=O) groups excluding carboxylic acids is 1. The minimum atomic E-state index is -0.306. The fourth-order valence-electron chi connectivity index (χ4n) is 2.12. The Morgan fingerprint density at radius 3 is 2.67 bits per heavy atom. The number of hydrogen-bond donors (Lipinski definition) is 1. The molecule has 0 saturated carbocycles. The number of para-hydroxylation sites is 1. The number of esters is 1. The van der Waals surface area contributed by atoms with Gasteiger partial charge in [-0.2, -0.15) is 0 Å². The van der Waals surface area contributed by atoms with Gasteiger partial charge in [-0.05, 0) is 31.5 Å². The summed E-state index contributed by atoms with van der Waals surface area (Å²) in [6.45, 7) is 2.76. The Hall–Kier alpha value is -1.55. The molecule has 0 spiro atoms. The van der Waals surface area contributed by atoms with Gasteiger partial charge in [0.1, 0.15) is 0 Å². The van der Waals surface area contributed by atoms with Gasteiger partial charge in [-0.3, -0.25) is 0 Å². The summed E-state index contributed by atoms with van der Waals surface area (Å²) in [4.78, 5) is 13.8. The van der Waals surface area contributed by atoms with Crippen molar-refractivity contribution in [3.63, 3.8) is 0 Å². The third kappa shape index (κ3) is 3.23. The van der Waals surface area contributed by atoms with Crippen molar-refractivity contribution in [1.82, 2.24) is 0 Å². The second-order valence-corrected chi connectivity index (χ2v) is 4.26. The number of benzene rings is 1. The Morgan fingerprint density at radius 1 is 1.44 bits per heavy atom. The van der Waals surface area contributed by atoms with E-state index in [-0.39, 0.29) is 5.97 Å². The molecule has 1 atom stereocenters. The van der Waals surface area contributed by atoms with Crippen molar-refractivity contribution < 1.29 is 9.53 Å². The lowest BCUT2D eigenvalue weighted by atomic mass is 10.1. The third-order valence-electron chi connectivity index (χ3n) is 3.21. The zero-order chi connectivity index (χ0) is 13.5. The molecule has 4 nitrogen and oxygen atoms in total. The molecule has 0 radical (unpaired) electrons. The van der Waals surface area contributed by atoms with Crippen LogP contribution in [-0.4, -0.2) is 32.7 Å². The van der Waals surface area contributed by atoms with Crippen molar-refractivity contribution in [2.75, 3.05) is 25.6 Å². The molecule has 100 valence electrons. The van der Waals surface area contributed by atoms with Crippen LogP contribution in [0.2, 0.25) is 0 Å². The van der Waals surface area contributed by atoms with E-state index in [1.807, 2.05) is 25.2 Å².